The van der Waals surface area contributed by atoms with Gasteiger partial charge in [-0.1, -0.05) is 25.1 Å². The number of benzene rings is 1. The molecule has 20 heavy (non-hydrogen) atoms. The molecule has 0 saturated carbocycles. The van der Waals surface area contributed by atoms with Gasteiger partial charge in [0, 0.05) is 24.0 Å². The van der Waals surface area contributed by atoms with E-state index in [0.717, 1.165) is 31.6 Å². The second-order valence-electron chi connectivity index (χ2n) is 4.90. The highest BCUT2D eigenvalue weighted by Crippen LogP contribution is 2.17. The Labute approximate surface area is 124 Å². The molecule has 1 aromatic carbocycles. The quantitative estimate of drug-likeness (QED) is 0.841. The Kier molecular flexibility index (Phi) is 5.71. The lowest BCUT2D eigenvalue weighted by Gasteiger charge is -2.22. The maximum atomic E-state index is 13.2. The van der Waals surface area contributed by atoms with Crippen LogP contribution in [-0.4, -0.2) is 18.0 Å². The molecule has 2 N–H and O–H groups in total. The Balaban J connectivity index is 1.86. The summed E-state index contributed by atoms with van der Waals surface area (Å²) in [6.45, 7) is 5.03. The summed E-state index contributed by atoms with van der Waals surface area (Å²) < 4.78 is 13.2. The second kappa shape index (κ2) is 7.53. The van der Waals surface area contributed by atoms with Crippen molar-refractivity contribution in [2.75, 3.05) is 13.1 Å². The van der Waals surface area contributed by atoms with Gasteiger partial charge in [-0.3, -0.25) is 4.90 Å². The molecule has 0 fully saturated rings. The molecule has 1 aromatic heterocycles. The average Bonchev–Trinajstić information content (AvgIpc) is 2.96. The van der Waals surface area contributed by atoms with E-state index in [1.165, 1.54) is 17.0 Å². The van der Waals surface area contributed by atoms with Crippen molar-refractivity contribution in [1.82, 2.24) is 4.90 Å². The average molecular weight is 292 g/mol. The fourth-order valence-corrected chi connectivity index (χ4v) is 2.94. The van der Waals surface area contributed by atoms with E-state index in [2.05, 4.69) is 29.3 Å². The minimum atomic E-state index is -0.219. The van der Waals surface area contributed by atoms with E-state index in [9.17, 15) is 4.39 Å². The van der Waals surface area contributed by atoms with Crippen LogP contribution < -0.4 is 5.73 Å². The lowest BCUT2D eigenvalue weighted by Crippen LogP contribution is -2.26. The summed E-state index contributed by atoms with van der Waals surface area (Å²) in [7, 11) is 0. The molecule has 2 aromatic rings. The van der Waals surface area contributed by atoms with E-state index >= 15 is 0 Å². The first-order valence-electron chi connectivity index (χ1n) is 6.95. The van der Waals surface area contributed by atoms with Crippen molar-refractivity contribution < 1.29 is 4.39 Å². The zero-order chi connectivity index (χ0) is 14.4. The molecular formula is C16H21FN2S. The Morgan fingerprint density at radius 2 is 2.15 bits per heavy atom. The number of nitrogens with two attached hydrogens (primary N) is 1. The van der Waals surface area contributed by atoms with Crippen LogP contribution in [0.25, 0.3) is 0 Å². The summed E-state index contributed by atoms with van der Waals surface area (Å²) in [4.78, 5) is 3.73. The standard InChI is InChI=1S/C16H21FN2S/c1-2-19(12-15-7-4-10-20-15)9-8-16(18)13-5-3-6-14(17)11-13/h3-7,10-11,16H,2,8-9,12,18H2,1H3. The minimum absolute atomic E-state index is 0.108. The topological polar surface area (TPSA) is 29.3 Å². The second-order valence-corrected chi connectivity index (χ2v) is 5.93. The van der Waals surface area contributed by atoms with E-state index < -0.39 is 0 Å². The maximum absolute atomic E-state index is 13.2. The van der Waals surface area contributed by atoms with E-state index in [-0.39, 0.29) is 11.9 Å². The number of thiophene rings is 1. The van der Waals surface area contributed by atoms with Crippen LogP contribution in [0.2, 0.25) is 0 Å². The number of nitrogens with zero attached hydrogens (tertiary/aromatic N) is 1. The number of hydrogen-bond donors (Lipinski definition) is 1. The molecule has 0 bridgehead atoms. The molecule has 0 aliphatic rings. The van der Waals surface area contributed by atoms with Crippen molar-refractivity contribution in [2.45, 2.75) is 25.9 Å². The van der Waals surface area contributed by atoms with Crippen LogP contribution in [-0.2, 0) is 6.54 Å². The van der Waals surface area contributed by atoms with Crippen LogP contribution >= 0.6 is 11.3 Å². The fourth-order valence-electron chi connectivity index (χ4n) is 2.20. The highest BCUT2D eigenvalue weighted by Gasteiger charge is 2.10. The van der Waals surface area contributed by atoms with Crippen molar-refractivity contribution in [2.24, 2.45) is 5.73 Å². The molecule has 0 aliphatic carbocycles. The Hall–Kier alpha value is -1.23. The first-order chi connectivity index (χ1) is 9.69. The molecular weight excluding hydrogens is 271 g/mol. The first kappa shape index (κ1) is 15.2. The van der Waals surface area contributed by atoms with Crippen LogP contribution in [0, 0.1) is 5.82 Å². The van der Waals surface area contributed by atoms with E-state index in [1.807, 2.05) is 6.07 Å². The van der Waals surface area contributed by atoms with Gasteiger partial charge in [-0.2, -0.15) is 0 Å². The highest BCUT2D eigenvalue weighted by molar-refractivity contribution is 7.09. The monoisotopic (exact) mass is 292 g/mol. The van der Waals surface area contributed by atoms with Gasteiger partial charge in [0.05, 0.1) is 0 Å². The summed E-state index contributed by atoms with van der Waals surface area (Å²) in [6.07, 6.45) is 0.836. The molecule has 0 aliphatic heterocycles. The molecule has 0 radical (unpaired) electrons. The van der Waals surface area contributed by atoms with Crippen molar-refractivity contribution >= 4 is 11.3 Å². The molecule has 0 saturated heterocycles. The first-order valence-corrected chi connectivity index (χ1v) is 7.82. The summed E-state index contributed by atoms with van der Waals surface area (Å²) in [5.74, 6) is -0.219. The van der Waals surface area contributed by atoms with Gasteiger partial charge in [-0.15, -0.1) is 11.3 Å². The molecule has 2 rings (SSSR count). The lowest BCUT2D eigenvalue weighted by atomic mass is 10.0. The molecule has 1 unspecified atom stereocenters. The normalized spacial score (nSPS) is 12.8. The molecule has 0 amide bonds. The summed E-state index contributed by atoms with van der Waals surface area (Å²) >= 11 is 1.78. The van der Waals surface area contributed by atoms with Gasteiger partial charge in [0.15, 0.2) is 0 Å². The molecule has 108 valence electrons. The lowest BCUT2D eigenvalue weighted by molar-refractivity contribution is 0.270. The Bertz CT molecular complexity index is 513. The fraction of sp³-hybridized carbons (Fsp3) is 0.375. The molecule has 0 spiro atoms. The van der Waals surface area contributed by atoms with Crippen LogP contribution in [0.3, 0.4) is 0 Å². The number of halogens is 1. The molecule has 1 heterocycles. The van der Waals surface area contributed by atoms with Gasteiger partial charge in [-0.25, -0.2) is 4.39 Å². The van der Waals surface area contributed by atoms with Crippen LogP contribution in [0.1, 0.15) is 29.8 Å². The van der Waals surface area contributed by atoms with Gasteiger partial charge in [0.2, 0.25) is 0 Å². The smallest absolute Gasteiger partial charge is 0.123 e. The van der Waals surface area contributed by atoms with Crippen LogP contribution in [0.5, 0.6) is 0 Å². The SMILES string of the molecule is CCN(CCC(N)c1cccc(F)c1)Cc1cccs1. The van der Waals surface area contributed by atoms with Gasteiger partial charge in [-0.05, 0) is 42.1 Å². The number of hydrogen-bond acceptors (Lipinski definition) is 3. The summed E-state index contributed by atoms with van der Waals surface area (Å²) in [6, 6.07) is 10.7. The Morgan fingerprint density at radius 1 is 1.30 bits per heavy atom. The van der Waals surface area contributed by atoms with Crippen LogP contribution in [0.4, 0.5) is 4.39 Å². The highest BCUT2D eigenvalue weighted by atomic mass is 32.1. The predicted octanol–water partition coefficient (Wildman–Crippen LogP) is 3.80. The summed E-state index contributed by atoms with van der Waals surface area (Å²) in [5.41, 5.74) is 7.02. The maximum Gasteiger partial charge on any atom is 0.123 e. The Morgan fingerprint density at radius 3 is 2.80 bits per heavy atom. The van der Waals surface area contributed by atoms with Crippen molar-refractivity contribution in [3.8, 4) is 0 Å². The third kappa shape index (κ3) is 4.40. The zero-order valence-electron chi connectivity index (χ0n) is 11.8. The van der Waals surface area contributed by atoms with Crippen molar-refractivity contribution in [3.63, 3.8) is 0 Å². The number of rotatable bonds is 7. The summed E-state index contributed by atoms with van der Waals surface area (Å²) in [5, 5.41) is 2.10. The van der Waals surface area contributed by atoms with Gasteiger partial charge < -0.3 is 5.73 Å². The molecule has 4 heteroatoms. The zero-order valence-corrected chi connectivity index (χ0v) is 12.6. The predicted molar refractivity (Wildman–Crippen MR) is 83.2 cm³/mol. The van der Waals surface area contributed by atoms with E-state index in [0.29, 0.717) is 0 Å². The third-order valence-corrected chi connectivity index (χ3v) is 4.30. The van der Waals surface area contributed by atoms with E-state index in [1.54, 1.807) is 17.4 Å². The third-order valence-electron chi connectivity index (χ3n) is 3.44. The molecule has 2 nitrogen and oxygen atoms in total. The van der Waals surface area contributed by atoms with Crippen molar-refractivity contribution in [1.29, 1.82) is 0 Å². The van der Waals surface area contributed by atoms with Gasteiger partial charge in [0.1, 0.15) is 5.82 Å². The van der Waals surface area contributed by atoms with E-state index in [4.69, 9.17) is 5.73 Å². The largest absolute Gasteiger partial charge is 0.324 e. The van der Waals surface area contributed by atoms with Crippen LogP contribution in [0.15, 0.2) is 41.8 Å². The van der Waals surface area contributed by atoms with Crippen molar-refractivity contribution in [3.05, 3.63) is 58.0 Å². The van der Waals surface area contributed by atoms with Gasteiger partial charge in [0.25, 0.3) is 0 Å². The van der Waals surface area contributed by atoms with Gasteiger partial charge >= 0.3 is 0 Å². The minimum Gasteiger partial charge on any atom is -0.324 e. The molecule has 1 atom stereocenters.